The van der Waals surface area contributed by atoms with Crippen LogP contribution in [-0.4, -0.2) is 18.0 Å². The van der Waals surface area contributed by atoms with Crippen molar-refractivity contribution in [3.63, 3.8) is 0 Å². The molecule has 0 aliphatic carbocycles. The van der Waals surface area contributed by atoms with Gasteiger partial charge in [-0.25, -0.2) is 8.78 Å². The topological polar surface area (TPSA) is 41.1 Å². The molecule has 0 aromatic heterocycles. The van der Waals surface area contributed by atoms with Crippen molar-refractivity contribution in [2.24, 2.45) is 0 Å². The normalized spacial score (nSPS) is 11.3. The number of benzene rings is 1. The first-order valence-corrected chi connectivity index (χ1v) is 6.32. The maximum atomic E-state index is 13.4. The minimum absolute atomic E-state index is 0.0764. The summed E-state index contributed by atoms with van der Waals surface area (Å²) in [7, 11) is 0. The zero-order valence-electron chi connectivity index (χ0n) is 11.1. The number of anilines is 1. The van der Waals surface area contributed by atoms with E-state index in [0.717, 1.165) is 12.5 Å². The van der Waals surface area contributed by atoms with Gasteiger partial charge in [-0.05, 0) is 26.3 Å². The van der Waals surface area contributed by atoms with E-state index in [1.165, 1.54) is 0 Å². The minimum atomic E-state index is -0.826. The van der Waals surface area contributed by atoms with E-state index in [4.69, 9.17) is 11.6 Å². The lowest BCUT2D eigenvalue weighted by molar-refractivity contribution is -0.121. The van der Waals surface area contributed by atoms with E-state index in [2.05, 4.69) is 10.6 Å². The van der Waals surface area contributed by atoms with Crippen molar-refractivity contribution >= 4 is 23.2 Å². The van der Waals surface area contributed by atoms with E-state index in [-0.39, 0.29) is 28.7 Å². The Morgan fingerprint density at radius 1 is 1.37 bits per heavy atom. The highest BCUT2D eigenvalue weighted by Crippen LogP contribution is 2.26. The van der Waals surface area contributed by atoms with E-state index in [0.29, 0.717) is 6.07 Å². The summed E-state index contributed by atoms with van der Waals surface area (Å²) in [5, 5.41) is 5.26. The van der Waals surface area contributed by atoms with Crippen LogP contribution in [0.1, 0.15) is 27.2 Å². The average molecular weight is 291 g/mol. The largest absolute Gasteiger partial charge is 0.373 e. The molecule has 6 heteroatoms. The van der Waals surface area contributed by atoms with E-state index in [1.807, 2.05) is 20.8 Å². The molecule has 0 fully saturated rings. The third kappa shape index (κ3) is 4.67. The predicted molar refractivity (Wildman–Crippen MR) is 72.4 cm³/mol. The van der Waals surface area contributed by atoms with Crippen LogP contribution in [0.15, 0.2) is 12.1 Å². The van der Waals surface area contributed by atoms with Crippen molar-refractivity contribution < 1.29 is 13.6 Å². The summed E-state index contributed by atoms with van der Waals surface area (Å²) in [6.07, 6.45) is 0.768. The second kappa shape index (κ2) is 6.19. The van der Waals surface area contributed by atoms with Crippen LogP contribution in [0.4, 0.5) is 14.5 Å². The lowest BCUT2D eigenvalue weighted by atomic mass is 10.0. The van der Waals surface area contributed by atoms with Gasteiger partial charge in [0.2, 0.25) is 5.91 Å². The highest BCUT2D eigenvalue weighted by Gasteiger charge is 2.18. The third-order valence-corrected chi connectivity index (χ3v) is 3.09. The maximum Gasteiger partial charge on any atom is 0.239 e. The SMILES string of the molecule is CCC(C)(C)NC(=O)CNc1c(F)cc(F)cc1Cl. The van der Waals surface area contributed by atoms with E-state index >= 15 is 0 Å². The van der Waals surface area contributed by atoms with Crippen molar-refractivity contribution in [1.82, 2.24) is 5.32 Å². The average Bonchev–Trinajstić information content (AvgIpc) is 2.26. The number of carbonyl (C=O) groups excluding carboxylic acids is 1. The molecule has 0 aliphatic heterocycles. The zero-order valence-corrected chi connectivity index (χ0v) is 11.9. The van der Waals surface area contributed by atoms with E-state index < -0.39 is 11.6 Å². The summed E-state index contributed by atoms with van der Waals surface area (Å²) in [5.74, 6) is -1.87. The Labute approximate surface area is 116 Å². The summed E-state index contributed by atoms with van der Waals surface area (Å²) in [6.45, 7) is 5.59. The molecular formula is C13H17ClF2N2O. The van der Waals surface area contributed by atoms with Gasteiger partial charge < -0.3 is 10.6 Å². The van der Waals surface area contributed by atoms with Gasteiger partial charge in [-0.3, -0.25) is 4.79 Å². The fraction of sp³-hybridized carbons (Fsp3) is 0.462. The molecule has 0 heterocycles. The first-order valence-electron chi connectivity index (χ1n) is 5.94. The number of carbonyl (C=O) groups is 1. The van der Waals surface area contributed by atoms with Crippen molar-refractivity contribution in [1.29, 1.82) is 0 Å². The summed E-state index contributed by atoms with van der Waals surface area (Å²) >= 11 is 5.70. The van der Waals surface area contributed by atoms with Crippen LogP contribution in [0.25, 0.3) is 0 Å². The molecule has 1 rings (SSSR count). The number of hydrogen-bond acceptors (Lipinski definition) is 2. The van der Waals surface area contributed by atoms with Crippen LogP contribution < -0.4 is 10.6 Å². The summed E-state index contributed by atoms with van der Waals surface area (Å²) < 4.78 is 26.3. The van der Waals surface area contributed by atoms with Crippen molar-refractivity contribution in [2.45, 2.75) is 32.7 Å². The highest BCUT2D eigenvalue weighted by atomic mass is 35.5. The van der Waals surface area contributed by atoms with Gasteiger partial charge in [0.1, 0.15) is 5.82 Å². The predicted octanol–water partition coefficient (Wildman–Crippen LogP) is 3.33. The molecule has 0 radical (unpaired) electrons. The Hall–Kier alpha value is -1.36. The van der Waals surface area contributed by atoms with Crippen LogP contribution in [-0.2, 0) is 4.79 Å². The first kappa shape index (κ1) is 15.7. The quantitative estimate of drug-likeness (QED) is 0.873. The van der Waals surface area contributed by atoms with Crippen molar-refractivity contribution in [3.05, 3.63) is 28.8 Å². The van der Waals surface area contributed by atoms with Crippen LogP contribution in [0, 0.1) is 11.6 Å². The standard InChI is InChI=1S/C13H17ClF2N2O/c1-4-13(2,3)18-11(19)7-17-12-9(14)5-8(15)6-10(12)16/h5-6,17H,4,7H2,1-3H3,(H,18,19). The van der Waals surface area contributed by atoms with Crippen molar-refractivity contribution in [2.75, 3.05) is 11.9 Å². The van der Waals surface area contributed by atoms with Gasteiger partial charge >= 0.3 is 0 Å². The molecule has 0 atom stereocenters. The summed E-state index contributed by atoms with van der Waals surface area (Å²) in [5.41, 5.74) is -0.406. The van der Waals surface area contributed by atoms with E-state index in [9.17, 15) is 13.6 Å². The van der Waals surface area contributed by atoms with Gasteiger partial charge in [0, 0.05) is 11.6 Å². The molecule has 106 valence electrons. The molecule has 3 nitrogen and oxygen atoms in total. The molecule has 1 aromatic rings. The Morgan fingerprint density at radius 3 is 2.53 bits per heavy atom. The van der Waals surface area contributed by atoms with Crippen LogP contribution in [0.3, 0.4) is 0 Å². The third-order valence-electron chi connectivity index (χ3n) is 2.79. The summed E-state index contributed by atoms with van der Waals surface area (Å²) in [6, 6.07) is 1.70. The molecule has 0 aliphatic rings. The molecule has 0 saturated heterocycles. The van der Waals surface area contributed by atoms with Gasteiger partial charge in [0.15, 0.2) is 5.82 Å². The Balaban J connectivity index is 2.65. The number of nitrogens with one attached hydrogen (secondary N) is 2. The molecule has 0 bridgehead atoms. The second-order valence-electron chi connectivity index (χ2n) is 4.88. The summed E-state index contributed by atoms with van der Waals surface area (Å²) in [4.78, 5) is 11.7. The highest BCUT2D eigenvalue weighted by molar-refractivity contribution is 6.33. The monoisotopic (exact) mass is 290 g/mol. The van der Waals surface area contributed by atoms with Gasteiger partial charge in [0.05, 0.1) is 17.3 Å². The van der Waals surface area contributed by atoms with Gasteiger partial charge in [-0.2, -0.15) is 0 Å². The van der Waals surface area contributed by atoms with Crippen LogP contribution >= 0.6 is 11.6 Å². The van der Waals surface area contributed by atoms with E-state index in [1.54, 1.807) is 0 Å². The molecule has 2 N–H and O–H groups in total. The molecule has 0 spiro atoms. The van der Waals surface area contributed by atoms with Gasteiger partial charge in [-0.15, -0.1) is 0 Å². The lowest BCUT2D eigenvalue weighted by Gasteiger charge is -2.24. The maximum absolute atomic E-state index is 13.4. The minimum Gasteiger partial charge on any atom is -0.373 e. The Morgan fingerprint density at radius 2 is 2.00 bits per heavy atom. The number of hydrogen-bond donors (Lipinski definition) is 2. The van der Waals surface area contributed by atoms with Gasteiger partial charge in [-0.1, -0.05) is 18.5 Å². The number of amides is 1. The Bertz CT molecular complexity index is 455. The molecule has 1 aromatic carbocycles. The smallest absolute Gasteiger partial charge is 0.239 e. The molecular weight excluding hydrogens is 274 g/mol. The second-order valence-corrected chi connectivity index (χ2v) is 5.29. The molecule has 19 heavy (non-hydrogen) atoms. The molecule has 0 saturated carbocycles. The van der Waals surface area contributed by atoms with Gasteiger partial charge in [0.25, 0.3) is 0 Å². The number of halogens is 3. The fourth-order valence-electron chi connectivity index (χ4n) is 1.39. The van der Waals surface area contributed by atoms with Crippen LogP contribution in [0.5, 0.6) is 0 Å². The lowest BCUT2D eigenvalue weighted by Crippen LogP contribution is -2.45. The van der Waals surface area contributed by atoms with Crippen molar-refractivity contribution in [3.8, 4) is 0 Å². The first-order chi connectivity index (χ1) is 8.75. The fourth-order valence-corrected chi connectivity index (χ4v) is 1.65. The molecule has 0 unspecified atom stereocenters. The molecule has 1 amide bonds. The van der Waals surface area contributed by atoms with Crippen LogP contribution in [0.2, 0.25) is 5.02 Å². The zero-order chi connectivity index (χ0) is 14.6. The number of rotatable bonds is 5. The Kier molecular flexibility index (Phi) is 5.11.